The monoisotopic (exact) mass is 393 g/mol. The molecule has 7 nitrogen and oxygen atoms in total. The van der Waals surface area contributed by atoms with Crippen molar-refractivity contribution in [3.63, 3.8) is 0 Å². The van der Waals surface area contributed by atoms with Gasteiger partial charge in [0.15, 0.2) is 6.10 Å². The van der Waals surface area contributed by atoms with E-state index < -0.39 is 17.6 Å². The molecule has 1 aliphatic rings. The van der Waals surface area contributed by atoms with Crippen LogP contribution in [0.15, 0.2) is 29.1 Å². The SMILES string of the molecule is Cc1[nH]c(=O)c(C#N)c(C)c1CCC(=O)O[C@H](C)C(=O)N1CCc2ccccc21. The number of carbonyl (C=O) groups is 2. The lowest BCUT2D eigenvalue weighted by Crippen LogP contribution is -2.39. The maximum atomic E-state index is 12.7. The summed E-state index contributed by atoms with van der Waals surface area (Å²) in [6.45, 7) is 5.57. The fraction of sp³-hybridized carbons (Fsp3) is 0.364. The molecule has 0 unspecified atom stereocenters. The van der Waals surface area contributed by atoms with Gasteiger partial charge in [0, 0.05) is 24.3 Å². The third kappa shape index (κ3) is 4.06. The summed E-state index contributed by atoms with van der Waals surface area (Å²) in [6, 6.07) is 9.60. The minimum Gasteiger partial charge on any atom is -0.453 e. The second-order valence-electron chi connectivity index (χ2n) is 7.17. The van der Waals surface area contributed by atoms with Gasteiger partial charge in [0.1, 0.15) is 11.6 Å². The van der Waals surface area contributed by atoms with Gasteiger partial charge in [-0.25, -0.2) is 0 Å². The van der Waals surface area contributed by atoms with Gasteiger partial charge in [-0.05, 0) is 56.4 Å². The summed E-state index contributed by atoms with van der Waals surface area (Å²) in [5.41, 5.74) is 3.52. The van der Waals surface area contributed by atoms with Crippen LogP contribution < -0.4 is 10.5 Å². The van der Waals surface area contributed by atoms with Crippen molar-refractivity contribution in [3.05, 3.63) is 62.6 Å². The first-order chi connectivity index (χ1) is 13.8. The third-order valence-corrected chi connectivity index (χ3v) is 5.31. The zero-order valence-electron chi connectivity index (χ0n) is 16.7. The van der Waals surface area contributed by atoms with E-state index in [0.717, 1.165) is 23.2 Å². The predicted molar refractivity (Wildman–Crippen MR) is 108 cm³/mol. The van der Waals surface area contributed by atoms with Crippen molar-refractivity contribution in [3.8, 4) is 6.07 Å². The quantitative estimate of drug-likeness (QED) is 0.785. The molecule has 7 heteroatoms. The molecule has 1 aliphatic heterocycles. The lowest BCUT2D eigenvalue weighted by molar-refractivity contribution is -0.153. The van der Waals surface area contributed by atoms with Gasteiger partial charge in [-0.2, -0.15) is 5.26 Å². The Hall–Kier alpha value is -3.40. The summed E-state index contributed by atoms with van der Waals surface area (Å²) in [7, 11) is 0. The summed E-state index contributed by atoms with van der Waals surface area (Å²) in [5.74, 6) is -0.742. The summed E-state index contributed by atoms with van der Waals surface area (Å²) in [6.07, 6.45) is 0.262. The number of para-hydroxylation sites is 1. The number of hydrogen-bond acceptors (Lipinski definition) is 5. The molecule has 150 valence electrons. The van der Waals surface area contributed by atoms with Gasteiger partial charge in [-0.3, -0.25) is 14.4 Å². The highest BCUT2D eigenvalue weighted by Crippen LogP contribution is 2.28. The maximum Gasteiger partial charge on any atom is 0.306 e. The average molecular weight is 393 g/mol. The largest absolute Gasteiger partial charge is 0.453 e. The highest BCUT2D eigenvalue weighted by Gasteiger charge is 2.29. The molecule has 0 saturated heterocycles. The Labute approximate surface area is 168 Å². The van der Waals surface area contributed by atoms with E-state index in [2.05, 4.69) is 4.98 Å². The van der Waals surface area contributed by atoms with Crippen molar-refractivity contribution < 1.29 is 14.3 Å². The number of aromatic amines is 1. The van der Waals surface area contributed by atoms with E-state index >= 15 is 0 Å². The highest BCUT2D eigenvalue weighted by atomic mass is 16.5. The molecule has 0 saturated carbocycles. The Morgan fingerprint density at radius 3 is 2.76 bits per heavy atom. The van der Waals surface area contributed by atoms with E-state index in [1.165, 1.54) is 0 Å². The van der Waals surface area contributed by atoms with Crippen LogP contribution in [0.1, 0.15) is 41.3 Å². The number of esters is 1. The third-order valence-electron chi connectivity index (χ3n) is 5.31. The van der Waals surface area contributed by atoms with Crippen LogP contribution in [0.4, 0.5) is 5.69 Å². The number of nitrogens with one attached hydrogen (secondary N) is 1. The van der Waals surface area contributed by atoms with Gasteiger partial charge >= 0.3 is 5.97 Å². The van der Waals surface area contributed by atoms with E-state index in [1.54, 1.807) is 25.7 Å². The molecule has 1 aromatic carbocycles. The molecule has 3 rings (SSSR count). The summed E-state index contributed by atoms with van der Waals surface area (Å²) in [5, 5.41) is 9.14. The molecule has 1 N–H and O–H groups in total. The predicted octanol–water partition coefficient (Wildman–Crippen LogP) is 2.32. The standard InChI is InChI=1S/C22H23N3O4/c1-13-17(14(2)24-21(27)18(13)12-23)8-9-20(26)29-15(3)22(28)25-11-10-16-6-4-5-7-19(16)25/h4-7,15H,8-11H2,1-3H3,(H,24,27)/t15-/m1/s1. The number of nitriles is 1. The van der Waals surface area contributed by atoms with Crippen LogP contribution in [0.3, 0.4) is 0 Å². The average Bonchev–Trinajstić information content (AvgIpc) is 3.11. The first kappa shape index (κ1) is 20.3. The van der Waals surface area contributed by atoms with Crippen molar-refractivity contribution in [2.45, 2.75) is 46.1 Å². The number of fused-ring (bicyclic) bond motifs is 1. The van der Waals surface area contributed by atoms with Crippen LogP contribution in [0.5, 0.6) is 0 Å². The molecule has 0 radical (unpaired) electrons. The topological polar surface area (TPSA) is 103 Å². The van der Waals surface area contributed by atoms with Crippen LogP contribution in [0, 0.1) is 25.2 Å². The first-order valence-electron chi connectivity index (χ1n) is 9.54. The van der Waals surface area contributed by atoms with Gasteiger partial charge in [-0.15, -0.1) is 0 Å². The Morgan fingerprint density at radius 2 is 2.03 bits per heavy atom. The zero-order valence-corrected chi connectivity index (χ0v) is 16.7. The number of H-pyrrole nitrogens is 1. The molecule has 0 aliphatic carbocycles. The van der Waals surface area contributed by atoms with Crippen LogP contribution >= 0.6 is 0 Å². The van der Waals surface area contributed by atoms with Crippen LogP contribution in [-0.2, 0) is 27.2 Å². The number of benzene rings is 1. The van der Waals surface area contributed by atoms with E-state index in [4.69, 9.17) is 10.00 Å². The van der Waals surface area contributed by atoms with E-state index in [1.807, 2.05) is 30.3 Å². The number of ether oxygens (including phenoxy) is 1. The number of carbonyl (C=O) groups excluding carboxylic acids is 2. The zero-order chi connectivity index (χ0) is 21.1. The minimum atomic E-state index is -0.888. The normalized spacial score (nSPS) is 13.5. The van der Waals surface area contributed by atoms with Crippen molar-refractivity contribution in [1.82, 2.24) is 4.98 Å². The summed E-state index contributed by atoms with van der Waals surface area (Å²) in [4.78, 5) is 41.1. The molecule has 1 aromatic heterocycles. The molecule has 0 fully saturated rings. The number of pyridine rings is 1. The molecule has 1 atom stereocenters. The van der Waals surface area contributed by atoms with Gasteiger partial charge in [0.25, 0.3) is 11.5 Å². The van der Waals surface area contributed by atoms with Crippen molar-refractivity contribution in [2.24, 2.45) is 0 Å². The Bertz CT molecular complexity index is 1060. The smallest absolute Gasteiger partial charge is 0.306 e. The van der Waals surface area contributed by atoms with Crippen molar-refractivity contribution in [2.75, 3.05) is 11.4 Å². The van der Waals surface area contributed by atoms with E-state index in [-0.39, 0.29) is 17.9 Å². The highest BCUT2D eigenvalue weighted by molar-refractivity contribution is 5.99. The van der Waals surface area contributed by atoms with Crippen LogP contribution in [0.2, 0.25) is 0 Å². The lowest BCUT2D eigenvalue weighted by Gasteiger charge is -2.21. The van der Waals surface area contributed by atoms with Gasteiger partial charge in [-0.1, -0.05) is 18.2 Å². The van der Waals surface area contributed by atoms with Crippen LogP contribution in [0.25, 0.3) is 0 Å². The second kappa shape index (κ2) is 8.31. The Balaban J connectivity index is 1.63. The molecule has 29 heavy (non-hydrogen) atoms. The number of nitrogens with zero attached hydrogens (tertiary/aromatic N) is 2. The number of hydrogen-bond donors (Lipinski definition) is 1. The van der Waals surface area contributed by atoms with Crippen molar-refractivity contribution >= 4 is 17.6 Å². The van der Waals surface area contributed by atoms with E-state index in [0.29, 0.717) is 24.2 Å². The molecule has 0 bridgehead atoms. The Kier molecular flexibility index (Phi) is 5.83. The lowest BCUT2D eigenvalue weighted by atomic mass is 9.99. The summed E-state index contributed by atoms with van der Waals surface area (Å²) >= 11 is 0. The number of amides is 1. The number of anilines is 1. The van der Waals surface area contributed by atoms with E-state index in [9.17, 15) is 14.4 Å². The fourth-order valence-corrected chi connectivity index (χ4v) is 3.74. The minimum absolute atomic E-state index is 0.0484. The molecular weight excluding hydrogens is 370 g/mol. The second-order valence-corrected chi connectivity index (χ2v) is 7.17. The summed E-state index contributed by atoms with van der Waals surface area (Å²) < 4.78 is 5.35. The van der Waals surface area contributed by atoms with Gasteiger partial charge in [0.2, 0.25) is 0 Å². The maximum absolute atomic E-state index is 12.7. The molecule has 2 aromatic rings. The molecule has 1 amide bonds. The van der Waals surface area contributed by atoms with Crippen LogP contribution in [-0.4, -0.2) is 29.5 Å². The van der Waals surface area contributed by atoms with Gasteiger partial charge < -0.3 is 14.6 Å². The fourth-order valence-electron chi connectivity index (χ4n) is 3.74. The molecule has 0 spiro atoms. The van der Waals surface area contributed by atoms with Gasteiger partial charge in [0.05, 0.1) is 0 Å². The molecular formula is C22H23N3O4. The first-order valence-corrected chi connectivity index (χ1v) is 9.54. The van der Waals surface area contributed by atoms with Crippen molar-refractivity contribution in [1.29, 1.82) is 5.26 Å². The number of aryl methyl sites for hydroxylation is 1. The number of rotatable bonds is 5. The number of aromatic nitrogens is 1. The molecule has 2 heterocycles. The Morgan fingerprint density at radius 1 is 1.31 bits per heavy atom.